The molecule has 2 aromatic carbocycles. The van der Waals surface area contributed by atoms with Crippen LogP contribution < -0.4 is 10.1 Å². The third-order valence-corrected chi connectivity index (χ3v) is 5.43. The Hall–Kier alpha value is -4.97. The number of benzene rings is 2. The molecule has 4 rings (SSSR count). The summed E-state index contributed by atoms with van der Waals surface area (Å²) in [4.78, 5) is 50.3. The second kappa shape index (κ2) is 11.0. The number of ether oxygens (including phenoxy) is 1. The standard InChI is InChI=1S/C27H21N3O6/c28-16-19(25(32)29-17-21-5-4-14-35-21)15-18-9-11-20(12-10-18)36-24(31)8-3-13-30-26(33)22-6-1-2-7-23(22)27(30)34/h1-2,4-7,9-12,14-15H,3,8,13,17H2,(H,29,32)/b19-15+. The predicted molar refractivity (Wildman–Crippen MR) is 127 cm³/mol. The molecule has 0 radical (unpaired) electrons. The van der Waals surface area contributed by atoms with Gasteiger partial charge in [0.05, 0.1) is 23.9 Å². The van der Waals surface area contributed by atoms with Crippen molar-refractivity contribution in [1.29, 1.82) is 5.26 Å². The lowest BCUT2D eigenvalue weighted by atomic mass is 10.1. The van der Waals surface area contributed by atoms with Crippen LogP contribution >= 0.6 is 0 Å². The zero-order valence-corrected chi connectivity index (χ0v) is 19.1. The van der Waals surface area contributed by atoms with Gasteiger partial charge in [0, 0.05) is 13.0 Å². The van der Waals surface area contributed by atoms with Crippen LogP contribution in [0.15, 0.2) is 76.9 Å². The minimum atomic E-state index is -0.539. The number of esters is 1. The lowest BCUT2D eigenvalue weighted by molar-refractivity contribution is -0.134. The Morgan fingerprint density at radius 2 is 1.69 bits per heavy atom. The Balaban J connectivity index is 1.26. The number of nitrogens with one attached hydrogen (secondary N) is 1. The van der Waals surface area contributed by atoms with Crippen LogP contribution in [0.4, 0.5) is 0 Å². The molecule has 0 atom stereocenters. The molecule has 0 spiro atoms. The molecule has 180 valence electrons. The molecule has 1 aliphatic rings. The van der Waals surface area contributed by atoms with Gasteiger partial charge in [0.15, 0.2) is 0 Å². The fourth-order valence-electron chi connectivity index (χ4n) is 3.63. The molecule has 2 heterocycles. The first-order chi connectivity index (χ1) is 17.5. The molecule has 0 unspecified atom stereocenters. The van der Waals surface area contributed by atoms with Crippen LogP contribution in [0, 0.1) is 11.3 Å². The smallest absolute Gasteiger partial charge is 0.311 e. The van der Waals surface area contributed by atoms with Gasteiger partial charge in [-0.15, -0.1) is 0 Å². The number of carbonyl (C=O) groups excluding carboxylic acids is 4. The summed E-state index contributed by atoms with van der Waals surface area (Å²) >= 11 is 0. The largest absolute Gasteiger partial charge is 0.467 e. The highest BCUT2D eigenvalue weighted by Crippen LogP contribution is 2.23. The highest BCUT2D eigenvalue weighted by atomic mass is 16.5. The molecule has 1 aliphatic heterocycles. The number of fused-ring (bicyclic) bond motifs is 1. The molecule has 0 aliphatic carbocycles. The summed E-state index contributed by atoms with van der Waals surface area (Å²) in [6, 6.07) is 18.2. The van der Waals surface area contributed by atoms with E-state index in [0.29, 0.717) is 28.2 Å². The number of nitriles is 1. The molecular formula is C27H21N3O6. The van der Waals surface area contributed by atoms with Crippen molar-refractivity contribution in [2.45, 2.75) is 19.4 Å². The number of hydrogen-bond donors (Lipinski definition) is 1. The van der Waals surface area contributed by atoms with Crippen LogP contribution in [-0.2, 0) is 16.1 Å². The summed E-state index contributed by atoms with van der Waals surface area (Å²) in [6.45, 7) is 0.275. The van der Waals surface area contributed by atoms with E-state index in [1.54, 1.807) is 60.7 Å². The van der Waals surface area contributed by atoms with Gasteiger partial charge in [-0.2, -0.15) is 5.26 Å². The first-order valence-electron chi connectivity index (χ1n) is 11.1. The minimum absolute atomic E-state index is 0.0173. The number of rotatable bonds is 9. The van der Waals surface area contributed by atoms with E-state index < -0.39 is 11.9 Å². The maximum atomic E-state index is 12.4. The lowest BCUT2D eigenvalue weighted by Crippen LogP contribution is -2.31. The molecular weight excluding hydrogens is 462 g/mol. The van der Waals surface area contributed by atoms with E-state index >= 15 is 0 Å². The van der Waals surface area contributed by atoms with Crippen LogP contribution in [0.1, 0.15) is 44.9 Å². The number of imide groups is 1. The zero-order valence-electron chi connectivity index (χ0n) is 19.1. The van der Waals surface area contributed by atoms with E-state index in [9.17, 15) is 24.4 Å². The Morgan fingerprint density at radius 1 is 1.00 bits per heavy atom. The maximum Gasteiger partial charge on any atom is 0.311 e. The fourth-order valence-corrected chi connectivity index (χ4v) is 3.63. The Morgan fingerprint density at radius 3 is 2.31 bits per heavy atom. The van der Waals surface area contributed by atoms with Gasteiger partial charge in [-0.3, -0.25) is 24.1 Å². The summed E-state index contributed by atoms with van der Waals surface area (Å²) in [6.07, 6.45) is 3.20. The predicted octanol–water partition coefficient (Wildman–Crippen LogP) is 3.48. The highest BCUT2D eigenvalue weighted by molar-refractivity contribution is 6.21. The van der Waals surface area contributed by atoms with Crippen LogP contribution in [-0.4, -0.2) is 35.1 Å². The van der Waals surface area contributed by atoms with Crippen LogP contribution in [0.25, 0.3) is 6.08 Å². The van der Waals surface area contributed by atoms with Gasteiger partial charge in [-0.1, -0.05) is 24.3 Å². The van der Waals surface area contributed by atoms with Gasteiger partial charge < -0.3 is 14.5 Å². The Bertz CT molecular complexity index is 1330. The van der Waals surface area contributed by atoms with Crippen molar-refractivity contribution in [2.75, 3.05) is 6.54 Å². The van der Waals surface area contributed by atoms with Crippen molar-refractivity contribution in [2.24, 2.45) is 0 Å². The molecule has 0 fully saturated rings. The number of furan rings is 1. The minimum Gasteiger partial charge on any atom is -0.467 e. The summed E-state index contributed by atoms with van der Waals surface area (Å²) in [5.74, 6) is -0.917. The van der Waals surface area contributed by atoms with E-state index in [2.05, 4.69) is 5.32 Å². The van der Waals surface area contributed by atoms with Crippen molar-refractivity contribution < 1.29 is 28.3 Å². The number of amides is 3. The van der Waals surface area contributed by atoms with E-state index in [1.165, 1.54) is 12.3 Å². The topological polar surface area (TPSA) is 130 Å². The molecule has 9 heteroatoms. The third kappa shape index (κ3) is 5.56. The average molecular weight is 483 g/mol. The molecule has 3 amide bonds. The van der Waals surface area contributed by atoms with Gasteiger partial charge >= 0.3 is 5.97 Å². The molecule has 0 saturated heterocycles. The molecule has 1 N–H and O–H groups in total. The van der Waals surface area contributed by atoms with Crippen molar-refractivity contribution in [3.63, 3.8) is 0 Å². The molecule has 3 aromatic rings. The SMILES string of the molecule is N#C/C(=C\c1ccc(OC(=O)CCCN2C(=O)c3ccccc3C2=O)cc1)C(=O)NCc1ccco1. The first kappa shape index (κ1) is 24.2. The highest BCUT2D eigenvalue weighted by Gasteiger charge is 2.34. The number of hydrogen-bond acceptors (Lipinski definition) is 7. The van der Waals surface area contributed by atoms with E-state index in [-0.39, 0.29) is 43.3 Å². The van der Waals surface area contributed by atoms with Gasteiger partial charge in [-0.05, 0) is 54.5 Å². The Labute approximate surface area is 206 Å². The van der Waals surface area contributed by atoms with Crippen molar-refractivity contribution in [3.05, 3.63) is 95.0 Å². The second-order valence-corrected chi connectivity index (χ2v) is 7.89. The number of carbonyl (C=O) groups is 4. The monoisotopic (exact) mass is 483 g/mol. The molecule has 0 saturated carbocycles. The Kier molecular flexibility index (Phi) is 7.36. The van der Waals surface area contributed by atoms with Crippen molar-refractivity contribution in [1.82, 2.24) is 10.2 Å². The lowest BCUT2D eigenvalue weighted by Gasteiger charge is -2.13. The van der Waals surface area contributed by atoms with Gasteiger partial charge in [0.1, 0.15) is 23.2 Å². The van der Waals surface area contributed by atoms with Crippen LogP contribution in [0.3, 0.4) is 0 Å². The fraction of sp³-hybridized carbons (Fsp3) is 0.148. The molecule has 1 aromatic heterocycles. The van der Waals surface area contributed by atoms with Gasteiger partial charge in [0.2, 0.25) is 0 Å². The van der Waals surface area contributed by atoms with Gasteiger partial charge in [0.25, 0.3) is 17.7 Å². The zero-order chi connectivity index (χ0) is 25.5. The summed E-state index contributed by atoms with van der Waals surface area (Å²) in [5.41, 5.74) is 1.23. The molecule has 0 bridgehead atoms. The molecule has 9 nitrogen and oxygen atoms in total. The van der Waals surface area contributed by atoms with Crippen molar-refractivity contribution >= 4 is 29.8 Å². The normalized spacial score (nSPS) is 12.8. The first-order valence-corrected chi connectivity index (χ1v) is 11.1. The van der Waals surface area contributed by atoms with E-state index in [1.807, 2.05) is 6.07 Å². The van der Waals surface area contributed by atoms with Gasteiger partial charge in [-0.25, -0.2) is 0 Å². The summed E-state index contributed by atoms with van der Waals surface area (Å²) < 4.78 is 10.4. The van der Waals surface area contributed by atoms with Crippen LogP contribution in [0.5, 0.6) is 5.75 Å². The summed E-state index contributed by atoms with van der Waals surface area (Å²) in [5, 5.41) is 11.9. The average Bonchev–Trinajstić information content (AvgIpc) is 3.50. The third-order valence-electron chi connectivity index (χ3n) is 5.43. The molecule has 36 heavy (non-hydrogen) atoms. The number of nitrogens with zero attached hydrogens (tertiary/aromatic N) is 2. The maximum absolute atomic E-state index is 12.4. The van der Waals surface area contributed by atoms with E-state index in [4.69, 9.17) is 9.15 Å². The summed E-state index contributed by atoms with van der Waals surface area (Å²) in [7, 11) is 0. The van der Waals surface area contributed by atoms with Crippen LogP contribution in [0.2, 0.25) is 0 Å². The quantitative estimate of drug-likeness (QED) is 0.162. The van der Waals surface area contributed by atoms with E-state index in [0.717, 1.165) is 4.90 Å². The second-order valence-electron chi connectivity index (χ2n) is 7.89. The van der Waals surface area contributed by atoms with Crippen molar-refractivity contribution in [3.8, 4) is 11.8 Å².